The van der Waals surface area contributed by atoms with Crippen molar-refractivity contribution < 1.29 is 0 Å². The average Bonchev–Trinajstić information content (AvgIpc) is 3.15. The lowest BCUT2D eigenvalue weighted by Gasteiger charge is -2.28. The predicted octanol–water partition coefficient (Wildman–Crippen LogP) is 13.1. The molecule has 47 heavy (non-hydrogen) atoms. The Morgan fingerprint density at radius 1 is 0.277 bits per heavy atom. The molecule has 0 fully saturated rings. The van der Waals surface area contributed by atoms with Crippen LogP contribution in [0.1, 0.15) is 0 Å². The molecule has 9 aromatic rings. The molecule has 0 spiro atoms. The van der Waals surface area contributed by atoms with Gasteiger partial charge < -0.3 is 4.90 Å². The second-order valence-corrected chi connectivity index (χ2v) is 12.1. The van der Waals surface area contributed by atoms with Crippen LogP contribution < -0.4 is 4.90 Å². The maximum Gasteiger partial charge on any atom is 0.0540 e. The summed E-state index contributed by atoms with van der Waals surface area (Å²) in [6.07, 6.45) is 0. The van der Waals surface area contributed by atoms with E-state index in [0.717, 1.165) is 17.1 Å². The van der Waals surface area contributed by atoms with E-state index < -0.39 is 0 Å². The Kier molecular flexibility index (Phi) is 6.54. The Labute approximate surface area is 274 Å². The van der Waals surface area contributed by atoms with Crippen LogP contribution in [0.4, 0.5) is 17.1 Å². The normalized spacial score (nSPS) is 11.4. The van der Waals surface area contributed by atoms with Crippen molar-refractivity contribution in [1.82, 2.24) is 0 Å². The van der Waals surface area contributed by atoms with E-state index in [1.165, 1.54) is 65.3 Å². The number of benzene rings is 9. The Balaban J connectivity index is 1.23. The average molecular weight is 598 g/mol. The van der Waals surface area contributed by atoms with Gasteiger partial charge in [0.25, 0.3) is 0 Å². The number of hydrogen-bond donors (Lipinski definition) is 0. The molecule has 0 aliphatic rings. The number of hydrogen-bond acceptors (Lipinski definition) is 1. The van der Waals surface area contributed by atoms with Gasteiger partial charge in [0.2, 0.25) is 0 Å². The van der Waals surface area contributed by atoms with E-state index in [-0.39, 0.29) is 0 Å². The fourth-order valence-corrected chi connectivity index (χ4v) is 7.18. The van der Waals surface area contributed by atoms with Gasteiger partial charge in [-0.2, -0.15) is 0 Å². The molecule has 9 rings (SSSR count). The molecule has 0 saturated heterocycles. The molecule has 0 aromatic heterocycles. The molecule has 0 amide bonds. The molecular weight excluding hydrogens is 567 g/mol. The minimum absolute atomic E-state index is 1.11. The summed E-state index contributed by atoms with van der Waals surface area (Å²) in [5.41, 5.74) is 8.22. The van der Waals surface area contributed by atoms with Crippen LogP contribution in [0.2, 0.25) is 0 Å². The zero-order valence-corrected chi connectivity index (χ0v) is 25.8. The molecule has 1 nitrogen and oxygen atoms in total. The first-order valence-electron chi connectivity index (χ1n) is 16.2. The third-order valence-corrected chi connectivity index (χ3v) is 9.42. The minimum Gasteiger partial charge on any atom is -0.310 e. The van der Waals surface area contributed by atoms with Crippen molar-refractivity contribution in [3.05, 3.63) is 188 Å². The van der Waals surface area contributed by atoms with Crippen molar-refractivity contribution in [3.63, 3.8) is 0 Å². The van der Waals surface area contributed by atoms with Gasteiger partial charge in [-0.15, -0.1) is 0 Å². The van der Waals surface area contributed by atoms with Crippen molar-refractivity contribution in [3.8, 4) is 22.3 Å². The fraction of sp³-hybridized carbons (Fsp3) is 0. The lowest BCUT2D eigenvalue weighted by molar-refractivity contribution is 1.29. The topological polar surface area (TPSA) is 3.24 Å². The molecule has 220 valence electrons. The van der Waals surface area contributed by atoms with Gasteiger partial charge >= 0.3 is 0 Å². The van der Waals surface area contributed by atoms with Crippen molar-refractivity contribution in [2.24, 2.45) is 0 Å². The molecule has 0 atom stereocenters. The van der Waals surface area contributed by atoms with Crippen LogP contribution in [0.25, 0.3) is 65.3 Å². The summed E-state index contributed by atoms with van der Waals surface area (Å²) in [5, 5.41) is 10.1. The smallest absolute Gasteiger partial charge is 0.0540 e. The lowest BCUT2D eigenvalue weighted by atomic mass is 9.93. The summed E-state index contributed by atoms with van der Waals surface area (Å²) >= 11 is 0. The molecule has 0 N–H and O–H groups in total. The van der Waals surface area contributed by atoms with Gasteiger partial charge in [-0.25, -0.2) is 0 Å². The Morgan fingerprint density at radius 2 is 0.809 bits per heavy atom. The molecule has 1 heteroatoms. The van der Waals surface area contributed by atoms with Gasteiger partial charge in [-0.3, -0.25) is 0 Å². The summed E-state index contributed by atoms with van der Waals surface area (Å²) < 4.78 is 0. The second kappa shape index (κ2) is 11.3. The first-order chi connectivity index (χ1) is 23.3. The van der Waals surface area contributed by atoms with E-state index in [0.29, 0.717) is 0 Å². The van der Waals surface area contributed by atoms with Gasteiger partial charge in [-0.05, 0) is 96.2 Å². The zero-order chi connectivity index (χ0) is 31.2. The summed E-state index contributed by atoms with van der Waals surface area (Å²) in [6.45, 7) is 0. The third-order valence-electron chi connectivity index (χ3n) is 9.42. The van der Waals surface area contributed by atoms with Crippen LogP contribution in [-0.2, 0) is 0 Å². The van der Waals surface area contributed by atoms with Crippen LogP contribution in [0.15, 0.2) is 188 Å². The number of anilines is 3. The molecule has 9 aromatic carbocycles. The van der Waals surface area contributed by atoms with E-state index in [2.05, 4.69) is 193 Å². The Bertz CT molecular complexity index is 2560. The van der Waals surface area contributed by atoms with Gasteiger partial charge in [0.05, 0.1) is 5.69 Å². The highest BCUT2D eigenvalue weighted by molar-refractivity contribution is 6.14. The largest absolute Gasteiger partial charge is 0.310 e. The van der Waals surface area contributed by atoms with E-state index in [4.69, 9.17) is 0 Å². The first-order valence-corrected chi connectivity index (χ1v) is 16.2. The fourth-order valence-electron chi connectivity index (χ4n) is 7.18. The van der Waals surface area contributed by atoms with E-state index in [1.807, 2.05) is 0 Å². The van der Waals surface area contributed by atoms with E-state index in [1.54, 1.807) is 0 Å². The summed E-state index contributed by atoms with van der Waals surface area (Å²) in [6, 6.07) is 68.3. The van der Waals surface area contributed by atoms with Gasteiger partial charge in [0.15, 0.2) is 0 Å². The SMILES string of the molecule is c1ccc(-c2ccccc2N(c2ccc(-c3cc4ccccc4c4ccccc34)cc2)c2ccc3c(ccc4ccccc43)c2)cc1. The maximum absolute atomic E-state index is 2.40. The molecule has 0 heterocycles. The number of para-hydroxylation sites is 1. The molecule has 0 aliphatic carbocycles. The second-order valence-electron chi connectivity index (χ2n) is 12.1. The molecular formula is C46H31N. The maximum atomic E-state index is 2.40. The number of nitrogens with zero attached hydrogens (tertiary/aromatic N) is 1. The molecule has 0 unspecified atom stereocenters. The van der Waals surface area contributed by atoms with Gasteiger partial charge in [-0.1, -0.05) is 152 Å². The van der Waals surface area contributed by atoms with Crippen LogP contribution in [-0.4, -0.2) is 0 Å². The van der Waals surface area contributed by atoms with E-state index >= 15 is 0 Å². The zero-order valence-electron chi connectivity index (χ0n) is 25.8. The van der Waals surface area contributed by atoms with Crippen molar-refractivity contribution in [1.29, 1.82) is 0 Å². The Hall–Kier alpha value is -6.18. The molecule has 0 radical (unpaired) electrons. The van der Waals surface area contributed by atoms with Crippen molar-refractivity contribution >= 4 is 60.2 Å². The Morgan fingerprint density at radius 3 is 1.62 bits per heavy atom. The minimum atomic E-state index is 1.11. The standard InChI is InChI=1S/C46H31N/c1-2-12-32(13-3-1)42-18-10-11-21-46(42)47(38-28-29-41-36(30-38)23-22-33-14-4-6-16-39(33)41)37-26-24-34(25-27-37)45-31-35-15-5-7-17-40(35)43-19-8-9-20-44(43)45/h1-31H. The summed E-state index contributed by atoms with van der Waals surface area (Å²) in [4.78, 5) is 2.40. The summed E-state index contributed by atoms with van der Waals surface area (Å²) in [7, 11) is 0. The predicted molar refractivity (Wildman–Crippen MR) is 202 cm³/mol. The lowest BCUT2D eigenvalue weighted by Crippen LogP contribution is -2.11. The highest BCUT2D eigenvalue weighted by Crippen LogP contribution is 2.43. The van der Waals surface area contributed by atoms with Crippen molar-refractivity contribution in [2.75, 3.05) is 4.90 Å². The third kappa shape index (κ3) is 4.72. The first kappa shape index (κ1) is 27.2. The molecule has 0 aliphatic heterocycles. The van der Waals surface area contributed by atoms with E-state index in [9.17, 15) is 0 Å². The van der Waals surface area contributed by atoms with Crippen LogP contribution in [0.3, 0.4) is 0 Å². The van der Waals surface area contributed by atoms with Gasteiger partial charge in [0, 0.05) is 16.9 Å². The van der Waals surface area contributed by atoms with Crippen LogP contribution in [0.5, 0.6) is 0 Å². The van der Waals surface area contributed by atoms with Crippen LogP contribution in [0, 0.1) is 0 Å². The summed E-state index contributed by atoms with van der Waals surface area (Å²) in [5.74, 6) is 0. The number of fused-ring (bicyclic) bond motifs is 6. The highest BCUT2D eigenvalue weighted by Gasteiger charge is 2.18. The monoisotopic (exact) mass is 597 g/mol. The quantitative estimate of drug-likeness (QED) is 0.178. The highest BCUT2D eigenvalue weighted by atomic mass is 15.1. The number of rotatable bonds is 5. The van der Waals surface area contributed by atoms with Gasteiger partial charge in [0.1, 0.15) is 0 Å². The molecule has 0 saturated carbocycles. The molecule has 0 bridgehead atoms. The van der Waals surface area contributed by atoms with Crippen LogP contribution >= 0.6 is 0 Å². The van der Waals surface area contributed by atoms with Crippen molar-refractivity contribution in [2.45, 2.75) is 0 Å².